The summed E-state index contributed by atoms with van der Waals surface area (Å²) in [5.41, 5.74) is 1.79. The number of nitrogens with one attached hydrogen (secondary N) is 1. The van der Waals surface area contributed by atoms with Crippen molar-refractivity contribution in [2.45, 2.75) is 32.4 Å². The predicted molar refractivity (Wildman–Crippen MR) is 65.2 cm³/mol. The Bertz CT molecular complexity index is 361. The van der Waals surface area contributed by atoms with Crippen LogP contribution >= 0.6 is 0 Å². The normalized spacial score (nSPS) is 15.2. The van der Waals surface area contributed by atoms with Gasteiger partial charge in [-0.2, -0.15) is 0 Å². The number of benzene rings is 1. The van der Waals surface area contributed by atoms with Crippen LogP contribution in [0.4, 0.5) is 10.1 Å². The van der Waals surface area contributed by atoms with Crippen LogP contribution in [0.15, 0.2) is 18.2 Å². The zero-order chi connectivity index (χ0) is 11.5. The van der Waals surface area contributed by atoms with E-state index in [2.05, 4.69) is 5.32 Å². The van der Waals surface area contributed by atoms with E-state index in [4.69, 9.17) is 0 Å². The zero-order valence-corrected chi connectivity index (χ0v) is 9.96. The molecule has 0 atom stereocenters. The van der Waals surface area contributed by atoms with E-state index in [1.54, 1.807) is 6.07 Å². The fraction of sp³-hybridized carbons (Fsp3) is 0.538. The highest BCUT2D eigenvalue weighted by molar-refractivity contribution is 5.54. The summed E-state index contributed by atoms with van der Waals surface area (Å²) in [6.45, 7) is 3.62. The zero-order valence-electron chi connectivity index (χ0n) is 9.96. The van der Waals surface area contributed by atoms with Gasteiger partial charge in [0.15, 0.2) is 0 Å². The third kappa shape index (κ3) is 2.53. The van der Waals surface area contributed by atoms with Crippen molar-refractivity contribution >= 4 is 5.69 Å². The number of hydrogen-bond donors (Lipinski definition) is 1. The second-order valence-electron chi connectivity index (χ2n) is 4.42. The molecule has 3 heteroatoms. The van der Waals surface area contributed by atoms with Crippen molar-refractivity contribution in [2.75, 3.05) is 18.5 Å². The Kier molecular flexibility index (Phi) is 3.44. The standard InChI is InChI=1S/C13H19FN2/c1-3-16(2)13-10(5-4-6-12(13)14)9-15-11-7-8-11/h4-6,11,15H,3,7-9H2,1-2H3. The molecule has 0 bridgehead atoms. The first-order valence-corrected chi connectivity index (χ1v) is 5.94. The Balaban J connectivity index is 2.16. The SMILES string of the molecule is CCN(C)c1c(F)cccc1CNC1CC1. The second-order valence-corrected chi connectivity index (χ2v) is 4.42. The van der Waals surface area contributed by atoms with Crippen LogP contribution in [-0.4, -0.2) is 19.6 Å². The molecule has 2 rings (SSSR count). The van der Waals surface area contributed by atoms with Crippen molar-refractivity contribution in [1.82, 2.24) is 5.32 Å². The second kappa shape index (κ2) is 4.83. The van der Waals surface area contributed by atoms with E-state index in [0.29, 0.717) is 6.04 Å². The molecule has 1 aliphatic carbocycles. The molecular formula is C13H19FN2. The van der Waals surface area contributed by atoms with E-state index in [9.17, 15) is 4.39 Å². The molecule has 0 amide bonds. The van der Waals surface area contributed by atoms with Crippen molar-refractivity contribution in [3.05, 3.63) is 29.6 Å². The molecule has 0 heterocycles. The van der Waals surface area contributed by atoms with Crippen molar-refractivity contribution in [1.29, 1.82) is 0 Å². The Labute approximate surface area is 96.5 Å². The number of hydrogen-bond acceptors (Lipinski definition) is 2. The number of para-hydroxylation sites is 1. The van der Waals surface area contributed by atoms with Crippen LogP contribution in [0, 0.1) is 5.82 Å². The van der Waals surface area contributed by atoms with Crippen LogP contribution < -0.4 is 10.2 Å². The third-order valence-corrected chi connectivity index (χ3v) is 3.08. The monoisotopic (exact) mass is 222 g/mol. The number of halogens is 1. The molecule has 0 unspecified atom stereocenters. The molecule has 0 spiro atoms. The first-order chi connectivity index (χ1) is 7.72. The first kappa shape index (κ1) is 11.4. The van der Waals surface area contributed by atoms with Gasteiger partial charge in [-0.1, -0.05) is 12.1 Å². The minimum atomic E-state index is -0.126. The number of nitrogens with zero attached hydrogens (tertiary/aromatic N) is 1. The summed E-state index contributed by atoms with van der Waals surface area (Å²) in [5, 5.41) is 3.43. The lowest BCUT2D eigenvalue weighted by Crippen LogP contribution is -2.22. The van der Waals surface area contributed by atoms with Crippen molar-refractivity contribution in [3.63, 3.8) is 0 Å². The van der Waals surface area contributed by atoms with Gasteiger partial charge in [-0.25, -0.2) is 4.39 Å². The third-order valence-electron chi connectivity index (χ3n) is 3.08. The average molecular weight is 222 g/mol. The van der Waals surface area contributed by atoms with Gasteiger partial charge in [0.25, 0.3) is 0 Å². The minimum absolute atomic E-state index is 0.126. The lowest BCUT2D eigenvalue weighted by Gasteiger charge is -2.21. The van der Waals surface area contributed by atoms with Gasteiger partial charge in [-0.05, 0) is 31.4 Å². The molecule has 0 aromatic heterocycles. The Morgan fingerprint density at radius 3 is 2.81 bits per heavy atom. The molecule has 0 aliphatic heterocycles. The van der Waals surface area contributed by atoms with E-state index in [1.807, 2.05) is 24.9 Å². The summed E-state index contributed by atoms with van der Waals surface area (Å²) in [7, 11) is 1.93. The van der Waals surface area contributed by atoms with Crippen LogP contribution in [0.25, 0.3) is 0 Å². The quantitative estimate of drug-likeness (QED) is 0.823. The topological polar surface area (TPSA) is 15.3 Å². The fourth-order valence-corrected chi connectivity index (χ4v) is 1.83. The molecule has 0 saturated heterocycles. The van der Waals surface area contributed by atoms with E-state index < -0.39 is 0 Å². The smallest absolute Gasteiger partial charge is 0.146 e. The summed E-state index contributed by atoms with van der Waals surface area (Å²) in [6, 6.07) is 5.97. The molecule has 1 N–H and O–H groups in total. The number of rotatable bonds is 5. The van der Waals surface area contributed by atoms with Crippen LogP contribution in [0.3, 0.4) is 0 Å². The summed E-state index contributed by atoms with van der Waals surface area (Å²) < 4.78 is 13.8. The highest BCUT2D eigenvalue weighted by Gasteiger charge is 2.21. The molecule has 0 radical (unpaired) electrons. The molecule has 16 heavy (non-hydrogen) atoms. The maximum absolute atomic E-state index is 13.8. The molecule has 1 aromatic carbocycles. The highest BCUT2D eigenvalue weighted by Crippen LogP contribution is 2.25. The predicted octanol–water partition coefficient (Wildman–Crippen LogP) is 2.53. The van der Waals surface area contributed by atoms with Crippen LogP contribution in [0.5, 0.6) is 0 Å². The van der Waals surface area contributed by atoms with Crippen molar-refractivity contribution in [2.24, 2.45) is 0 Å². The fourth-order valence-electron chi connectivity index (χ4n) is 1.83. The molecular weight excluding hydrogens is 203 g/mol. The lowest BCUT2D eigenvalue weighted by molar-refractivity contribution is 0.615. The van der Waals surface area contributed by atoms with Crippen molar-refractivity contribution in [3.8, 4) is 0 Å². The highest BCUT2D eigenvalue weighted by atomic mass is 19.1. The summed E-state index contributed by atoms with van der Waals surface area (Å²) >= 11 is 0. The van der Waals surface area contributed by atoms with Crippen LogP contribution in [0.1, 0.15) is 25.3 Å². The minimum Gasteiger partial charge on any atom is -0.372 e. The molecule has 1 aromatic rings. The maximum atomic E-state index is 13.8. The van der Waals surface area contributed by atoms with Crippen LogP contribution in [0.2, 0.25) is 0 Å². The van der Waals surface area contributed by atoms with E-state index in [0.717, 1.165) is 24.3 Å². The van der Waals surface area contributed by atoms with Gasteiger partial charge in [-0.15, -0.1) is 0 Å². The summed E-state index contributed by atoms with van der Waals surface area (Å²) in [5.74, 6) is -0.126. The largest absolute Gasteiger partial charge is 0.372 e. The van der Waals surface area contributed by atoms with E-state index in [-0.39, 0.29) is 5.82 Å². The first-order valence-electron chi connectivity index (χ1n) is 5.94. The maximum Gasteiger partial charge on any atom is 0.146 e. The van der Waals surface area contributed by atoms with Gasteiger partial charge < -0.3 is 10.2 Å². The van der Waals surface area contributed by atoms with Gasteiger partial charge in [0.05, 0.1) is 5.69 Å². The Hall–Kier alpha value is -1.09. The summed E-state index contributed by atoms with van der Waals surface area (Å²) in [6.07, 6.45) is 2.52. The molecule has 1 fully saturated rings. The van der Waals surface area contributed by atoms with E-state index >= 15 is 0 Å². The van der Waals surface area contributed by atoms with Gasteiger partial charge >= 0.3 is 0 Å². The molecule has 88 valence electrons. The van der Waals surface area contributed by atoms with Crippen molar-refractivity contribution < 1.29 is 4.39 Å². The lowest BCUT2D eigenvalue weighted by atomic mass is 10.1. The van der Waals surface area contributed by atoms with E-state index in [1.165, 1.54) is 18.9 Å². The van der Waals surface area contributed by atoms with Gasteiger partial charge in [0.2, 0.25) is 0 Å². The van der Waals surface area contributed by atoms with Crippen LogP contribution in [-0.2, 0) is 6.54 Å². The Morgan fingerprint density at radius 2 is 2.19 bits per heavy atom. The molecule has 1 saturated carbocycles. The number of anilines is 1. The molecule has 1 aliphatic rings. The van der Waals surface area contributed by atoms with Gasteiger partial charge in [0.1, 0.15) is 5.82 Å². The van der Waals surface area contributed by atoms with Gasteiger partial charge in [-0.3, -0.25) is 0 Å². The molecule has 2 nitrogen and oxygen atoms in total. The Morgan fingerprint density at radius 1 is 1.44 bits per heavy atom. The summed E-state index contributed by atoms with van der Waals surface area (Å²) in [4.78, 5) is 1.96. The average Bonchev–Trinajstić information content (AvgIpc) is 3.09. The van der Waals surface area contributed by atoms with Gasteiger partial charge in [0, 0.05) is 26.2 Å².